The molecule has 0 saturated carbocycles. The third kappa shape index (κ3) is 27.2. The summed E-state index contributed by atoms with van der Waals surface area (Å²) in [4.78, 5) is 0. The highest BCUT2D eigenvalue weighted by atomic mass is 35.6. The van der Waals surface area contributed by atoms with Crippen LogP contribution in [0.25, 0.3) is 0 Å². The summed E-state index contributed by atoms with van der Waals surface area (Å²) in [5, 5.41) is 0. The van der Waals surface area contributed by atoms with Crippen molar-refractivity contribution in [2.24, 2.45) is 0 Å². The first-order valence-corrected chi connectivity index (χ1v) is 18.5. The Hall–Kier alpha value is 0.387. The molecular formula is C30H63ClO3Si. The lowest BCUT2D eigenvalue weighted by atomic mass is 10.1. The monoisotopic (exact) mass is 534 g/mol. The molecule has 0 saturated heterocycles. The molecule has 0 aliphatic carbocycles. The molecule has 0 fully saturated rings. The molecule has 0 heterocycles. The van der Waals surface area contributed by atoms with Crippen LogP contribution < -0.4 is 0 Å². The summed E-state index contributed by atoms with van der Waals surface area (Å²) < 4.78 is 18.2. The van der Waals surface area contributed by atoms with Crippen molar-refractivity contribution in [2.45, 2.75) is 175 Å². The average Bonchev–Trinajstić information content (AvgIpc) is 2.86. The highest BCUT2D eigenvalue weighted by Gasteiger charge is 2.39. The second kappa shape index (κ2) is 29.0. The van der Waals surface area contributed by atoms with Gasteiger partial charge in [-0.15, -0.1) is 0 Å². The maximum Gasteiger partial charge on any atom is 0.613 e. The summed E-state index contributed by atoms with van der Waals surface area (Å²) >= 11 is 6.80. The van der Waals surface area contributed by atoms with Gasteiger partial charge in [0.2, 0.25) is 0 Å². The molecule has 0 N–H and O–H groups in total. The normalized spacial score (nSPS) is 12.0. The second-order valence-corrected chi connectivity index (χ2v) is 13.7. The standard InChI is InChI=1S/C30H63ClO3Si/c1-4-7-10-13-16-19-22-25-28-32-35(31,33-29-26-23-20-17-14-11-8-5-2)34-30-27-24-21-18-15-12-9-6-3/h4-30H2,1-3H3. The molecule has 0 unspecified atom stereocenters. The Bertz CT molecular complexity index is 343. The Morgan fingerprint density at radius 3 is 0.771 bits per heavy atom. The molecule has 0 aliphatic rings. The van der Waals surface area contributed by atoms with E-state index in [0.717, 1.165) is 19.3 Å². The summed E-state index contributed by atoms with van der Waals surface area (Å²) in [5.41, 5.74) is 0. The Labute approximate surface area is 226 Å². The Morgan fingerprint density at radius 2 is 0.543 bits per heavy atom. The Kier molecular flexibility index (Phi) is 29.3. The molecule has 0 spiro atoms. The number of unbranched alkanes of at least 4 members (excludes halogenated alkanes) is 21. The zero-order chi connectivity index (χ0) is 25.7. The third-order valence-electron chi connectivity index (χ3n) is 6.82. The maximum absolute atomic E-state index is 6.80. The predicted molar refractivity (Wildman–Crippen MR) is 157 cm³/mol. The van der Waals surface area contributed by atoms with Crippen molar-refractivity contribution in [3.8, 4) is 0 Å². The van der Waals surface area contributed by atoms with Gasteiger partial charge in [0.25, 0.3) is 0 Å². The van der Waals surface area contributed by atoms with E-state index in [-0.39, 0.29) is 0 Å². The quantitative estimate of drug-likeness (QED) is 0.0520. The molecule has 0 rings (SSSR count). The zero-order valence-corrected chi connectivity index (χ0v) is 26.0. The number of hydrogen-bond donors (Lipinski definition) is 0. The number of rotatable bonds is 30. The molecule has 35 heavy (non-hydrogen) atoms. The topological polar surface area (TPSA) is 27.7 Å². The van der Waals surface area contributed by atoms with E-state index in [1.807, 2.05) is 0 Å². The largest absolute Gasteiger partial charge is 0.613 e. The van der Waals surface area contributed by atoms with Crippen LogP contribution in [0.2, 0.25) is 0 Å². The molecule has 0 atom stereocenters. The van der Waals surface area contributed by atoms with Gasteiger partial charge in [0.05, 0.1) is 0 Å². The van der Waals surface area contributed by atoms with Crippen LogP contribution in [-0.4, -0.2) is 27.9 Å². The fourth-order valence-corrected chi connectivity index (χ4v) is 6.52. The molecule has 5 heteroatoms. The van der Waals surface area contributed by atoms with Gasteiger partial charge in [0.15, 0.2) is 0 Å². The summed E-state index contributed by atoms with van der Waals surface area (Å²) in [6.45, 7) is 8.81. The summed E-state index contributed by atoms with van der Waals surface area (Å²) in [6.07, 6.45) is 31.0. The van der Waals surface area contributed by atoms with Crippen molar-refractivity contribution >= 4 is 19.2 Å². The SMILES string of the molecule is CCCCCCCCCCO[Si](Cl)(OCCCCCCCCCC)OCCCCCCCCCC. The van der Waals surface area contributed by atoms with E-state index in [0.29, 0.717) is 19.8 Å². The first-order valence-electron chi connectivity index (χ1n) is 15.8. The number of hydrogen-bond acceptors (Lipinski definition) is 3. The smallest absolute Gasteiger partial charge is 0.362 e. The molecule has 0 radical (unpaired) electrons. The second-order valence-electron chi connectivity index (χ2n) is 10.5. The van der Waals surface area contributed by atoms with Crippen molar-refractivity contribution in [2.75, 3.05) is 19.8 Å². The van der Waals surface area contributed by atoms with Crippen LogP contribution in [0, 0.1) is 0 Å². The minimum Gasteiger partial charge on any atom is -0.362 e. The van der Waals surface area contributed by atoms with Crippen LogP contribution in [0.4, 0.5) is 0 Å². The molecule has 0 aromatic carbocycles. The van der Waals surface area contributed by atoms with Gasteiger partial charge in [0, 0.05) is 19.8 Å². The zero-order valence-electron chi connectivity index (χ0n) is 24.2. The molecule has 212 valence electrons. The minimum atomic E-state index is -3.04. The Morgan fingerprint density at radius 1 is 0.343 bits per heavy atom. The van der Waals surface area contributed by atoms with Gasteiger partial charge in [0.1, 0.15) is 0 Å². The average molecular weight is 535 g/mol. The number of halogens is 1. The van der Waals surface area contributed by atoms with Gasteiger partial charge >= 0.3 is 8.11 Å². The highest BCUT2D eigenvalue weighted by Crippen LogP contribution is 2.19. The van der Waals surface area contributed by atoms with E-state index in [2.05, 4.69) is 20.8 Å². The van der Waals surface area contributed by atoms with Gasteiger partial charge in [-0.2, -0.15) is 0 Å². The van der Waals surface area contributed by atoms with Crippen molar-refractivity contribution < 1.29 is 13.3 Å². The third-order valence-corrected chi connectivity index (χ3v) is 9.45. The first-order chi connectivity index (χ1) is 17.2. The molecule has 3 nitrogen and oxygen atoms in total. The van der Waals surface area contributed by atoms with Crippen LogP contribution >= 0.6 is 11.1 Å². The van der Waals surface area contributed by atoms with E-state index in [4.69, 9.17) is 24.4 Å². The maximum atomic E-state index is 6.80. The van der Waals surface area contributed by atoms with Crippen molar-refractivity contribution in [1.29, 1.82) is 0 Å². The predicted octanol–water partition coefficient (Wildman–Crippen LogP) is 11.1. The van der Waals surface area contributed by atoms with Crippen LogP contribution in [-0.2, 0) is 13.3 Å². The molecule has 0 aromatic rings. The van der Waals surface area contributed by atoms with Crippen LogP contribution in [0.3, 0.4) is 0 Å². The molecule has 0 aliphatic heterocycles. The van der Waals surface area contributed by atoms with Crippen LogP contribution in [0.15, 0.2) is 0 Å². The van der Waals surface area contributed by atoms with E-state index >= 15 is 0 Å². The minimum absolute atomic E-state index is 0.666. The van der Waals surface area contributed by atoms with E-state index in [1.54, 1.807) is 0 Å². The van der Waals surface area contributed by atoms with Gasteiger partial charge < -0.3 is 13.3 Å². The molecule has 0 aromatic heterocycles. The summed E-state index contributed by atoms with van der Waals surface area (Å²) in [7, 11) is -3.04. The fourth-order valence-electron chi connectivity index (χ4n) is 4.42. The molecular weight excluding hydrogens is 472 g/mol. The van der Waals surface area contributed by atoms with Gasteiger partial charge in [-0.3, -0.25) is 0 Å². The van der Waals surface area contributed by atoms with E-state index < -0.39 is 8.11 Å². The summed E-state index contributed by atoms with van der Waals surface area (Å²) in [6, 6.07) is 0. The van der Waals surface area contributed by atoms with Gasteiger partial charge in [-0.05, 0) is 19.3 Å². The van der Waals surface area contributed by atoms with Gasteiger partial charge in [-0.1, -0.05) is 167 Å². The van der Waals surface area contributed by atoms with Crippen molar-refractivity contribution in [3.63, 3.8) is 0 Å². The lowest BCUT2D eigenvalue weighted by Gasteiger charge is -2.23. The van der Waals surface area contributed by atoms with E-state index in [9.17, 15) is 0 Å². The fraction of sp³-hybridized carbons (Fsp3) is 1.00. The summed E-state index contributed by atoms with van der Waals surface area (Å²) in [5.74, 6) is 0. The Balaban J connectivity index is 4.05. The van der Waals surface area contributed by atoms with Gasteiger partial charge in [-0.25, -0.2) is 0 Å². The van der Waals surface area contributed by atoms with Crippen LogP contribution in [0.5, 0.6) is 0 Å². The first kappa shape index (κ1) is 35.4. The highest BCUT2D eigenvalue weighted by molar-refractivity contribution is 7.09. The van der Waals surface area contributed by atoms with Crippen molar-refractivity contribution in [3.05, 3.63) is 0 Å². The molecule has 0 amide bonds. The van der Waals surface area contributed by atoms with Crippen molar-refractivity contribution in [1.82, 2.24) is 0 Å². The lowest BCUT2D eigenvalue weighted by molar-refractivity contribution is 0.0767. The van der Waals surface area contributed by atoms with Crippen LogP contribution in [0.1, 0.15) is 175 Å². The lowest BCUT2D eigenvalue weighted by Crippen LogP contribution is -2.41. The van der Waals surface area contributed by atoms with E-state index in [1.165, 1.54) is 135 Å². The molecule has 0 bridgehead atoms.